The number of benzene rings is 2. The van der Waals surface area contributed by atoms with Crippen molar-refractivity contribution in [3.8, 4) is 5.19 Å². The molecule has 3 fully saturated rings. The van der Waals surface area contributed by atoms with Crippen molar-refractivity contribution < 1.29 is 27.5 Å². The van der Waals surface area contributed by atoms with Gasteiger partial charge in [0.25, 0.3) is 5.19 Å². The first kappa shape index (κ1) is 34.2. The molecule has 3 heterocycles. The van der Waals surface area contributed by atoms with Gasteiger partial charge in [-0.3, -0.25) is 19.1 Å². The summed E-state index contributed by atoms with van der Waals surface area (Å²) in [7, 11) is -3.79. The van der Waals surface area contributed by atoms with E-state index in [0.717, 1.165) is 47.0 Å². The minimum absolute atomic E-state index is 0.0859. The molecule has 0 spiro atoms. The van der Waals surface area contributed by atoms with Crippen LogP contribution in [0.15, 0.2) is 54.6 Å². The molecule has 2 saturated carbocycles. The van der Waals surface area contributed by atoms with Gasteiger partial charge in [-0.2, -0.15) is 0 Å². The Morgan fingerprint density at radius 2 is 1.96 bits per heavy atom. The molecule has 1 aromatic heterocycles. The topological polar surface area (TPSA) is 123 Å². The Morgan fingerprint density at radius 1 is 1.12 bits per heavy atom. The average Bonchev–Trinajstić information content (AvgIpc) is 3.95. The first-order valence-electron chi connectivity index (χ1n) is 17.3. The highest BCUT2D eigenvalue weighted by Gasteiger charge is 2.61. The molecule has 7 rings (SSSR count). The second-order valence-electron chi connectivity index (χ2n) is 14.3. The molecule has 0 bridgehead atoms. The molecule has 12 heteroatoms. The number of halogens is 1. The van der Waals surface area contributed by atoms with Crippen LogP contribution in [0, 0.1) is 24.2 Å². The van der Waals surface area contributed by atoms with Gasteiger partial charge in [0.2, 0.25) is 21.8 Å². The van der Waals surface area contributed by atoms with Crippen LogP contribution in [-0.4, -0.2) is 59.8 Å². The van der Waals surface area contributed by atoms with E-state index in [-0.39, 0.29) is 42.9 Å². The molecule has 2 amide bonds. The van der Waals surface area contributed by atoms with Crippen LogP contribution in [0.4, 0.5) is 0 Å². The monoisotopic (exact) mass is 723 g/mol. The van der Waals surface area contributed by atoms with Crippen molar-refractivity contribution in [2.75, 3.05) is 6.54 Å². The number of Topliss-reactive ketones (excluding diaryl/α,β-unsaturated/α-hetero) is 1. The molecule has 2 aromatic carbocycles. The Balaban J connectivity index is 1.18. The zero-order valence-corrected chi connectivity index (χ0v) is 30.0. The summed E-state index contributed by atoms with van der Waals surface area (Å²) in [5.41, 5.74) is 1.80. The molecule has 1 saturated heterocycles. The van der Waals surface area contributed by atoms with E-state index in [2.05, 4.69) is 21.8 Å². The third kappa shape index (κ3) is 7.59. The fourth-order valence-electron chi connectivity index (χ4n) is 7.51. The van der Waals surface area contributed by atoms with E-state index < -0.39 is 38.7 Å². The van der Waals surface area contributed by atoms with E-state index in [1.807, 2.05) is 43.3 Å². The van der Waals surface area contributed by atoms with Crippen molar-refractivity contribution in [1.82, 2.24) is 14.6 Å². The predicted molar refractivity (Wildman–Crippen MR) is 190 cm³/mol. The van der Waals surface area contributed by atoms with Gasteiger partial charge in [0, 0.05) is 23.8 Å². The lowest BCUT2D eigenvalue weighted by Gasteiger charge is -2.29. The van der Waals surface area contributed by atoms with Crippen LogP contribution in [0.3, 0.4) is 0 Å². The number of sulfonamides is 1. The van der Waals surface area contributed by atoms with Crippen molar-refractivity contribution >= 4 is 60.8 Å². The van der Waals surface area contributed by atoms with Crippen LogP contribution < -0.4 is 9.46 Å². The molecule has 9 nitrogen and oxygen atoms in total. The third-order valence-corrected chi connectivity index (χ3v) is 13.5. The van der Waals surface area contributed by atoms with Gasteiger partial charge in [-0.25, -0.2) is 13.4 Å². The summed E-state index contributed by atoms with van der Waals surface area (Å²) in [5, 5.41) is 0.486. The maximum absolute atomic E-state index is 14.6. The van der Waals surface area contributed by atoms with Crippen LogP contribution in [0.2, 0.25) is 5.02 Å². The summed E-state index contributed by atoms with van der Waals surface area (Å²) in [6, 6.07) is 12.8. The molecule has 49 heavy (non-hydrogen) atoms. The zero-order chi connectivity index (χ0) is 34.3. The molecule has 0 radical (unpaired) electrons. The first-order chi connectivity index (χ1) is 23.5. The van der Waals surface area contributed by atoms with Gasteiger partial charge >= 0.3 is 0 Å². The number of carbonyl (C=O) groups is 3. The van der Waals surface area contributed by atoms with Crippen molar-refractivity contribution in [2.24, 2.45) is 17.3 Å². The summed E-state index contributed by atoms with van der Waals surface area (Å²) in [6.45, 7) is 2.25. The van der Waals surface area contributed by atoms with Gasteiger partial charge < -0.3 is 9.64 Å². The molecule has 3 aromatic rings. The van der Waals surface area contributed by atoms with Gasteiger partial charge in [0.05, 0.1) is 33.5 Å². The van der Waals surface area contributed by atoms with Crippen molar-refractivity contribution in [1.29, 1.82) is 0 Å². The summed E-state index contributed by atoms with van der Waals surface area (Å²) in [5.74, 6) is -1.50. The number of rotatable bonds is 7. The average molecular weight is 724 g/mol. The number of ketones is 1. The van der Waals surface area contributed by atoms with Crippen LogP contribution >= 0.6 is 22.9 Å². The number of carbonyl (C=O) groups excluding carboxylic acids is 3. The van der Waals surface area contributed by atoms with Gasteiger partial charge in [-0.05, 0) is 81.5 Å². The summed E-state index contributed by atoms with van der Waals surface area (Å²) < 4.78 is 35.2. The van der Waals surface area contributed by atoms with Crippen molar-refractivity contribution in [2.45, 2.75) is 94.9 Å². The minimum atomic E-state index is -3.79. The highest BCUT2D eigenvalue weighted by molar-refractivity contribution is 7.90. The van der Waals surface area contributed by atoms with Crippen LogP contribution in [0.25, 0.3) is 10.2 Å². The lowest BCUT2D eigenvalue weighted by Crippen LogP contribution is -2.46. The molecule has 5 atom stereocenters. The molecule has 4 aliphatic rings. The second-order valence-corrected chi connectivity index (χ2v) is 17.7. The van der Waals surface area contributed by atoms with E-state index in [1.54, 1.807) is 11.0 Å². The predicted octanol–water partition coefficient (Wildman–Crippen LogP) is 6.56. The lowest BCUT2D eigenvalue weighted by atomic mass is 9.89. The molecule has 2 aliphatic heterocycles. The smallest absolute Gasteiger partial charge is 0.274 e. The Kier molecular flexibility index (Phi) is 9.62. The molecule has 260 valence electrons. The van der Waals surface area contributed by atoms with E-state index in [0.29, 0.717) is 42.3 Å². The fraction of sp³-hybridized carbons (Fsp3) is 0.514. The Bertz CT molecular complexity index is 1910. The standard InChI is InChI=1S/C37H42ClN3O6S2/c1-23-8-7-9-24(16-23)17-25-10-5-3-2-4-6-11-26-20-37(26,35(44)40-49(45,46)29-13-14-29)21-32(42)31-19-28(22-41(31)34(25)43)47-36-39-30-15-12-27(38)18-33(30)48-36/h6-9,11-12,15-16,18,25-26,28-29,31H,2-5,10,13-14,17,19-22H2,1H3,(H,40,44)/b11-6-/t25-,26+,28-,31+,37-/m1/s1. The highest BCUT2D eigenvalue weighted by atomic mass is 35.5. The number of nitrogens with zero attached hydrogens (tertiary/aromatic N) is 2. The number of hydrogen-bond donors (Lipinski definition) is 1. The molecular formula is C37H42ClN3O6S2. The second kappa shape index (κ2) is 13.8. The number of nitrogens with one attached hydrogen (secondary N) is 1. The number of allylic oxidation sites excluding steroid dienone is 2. The van der Waals surface area contributed by atoms with Crippen LogP contribution in [0.5, 0.6) is 5.19 Å². The fourth-order valence-corrected chi connectivity index (χ4v) is 10.1. The Morgan fingerprint density at radius 3 is 2.76 bits per heavy atom. The molecule has 2 aliphatic carbocycles. The van der Waals surface area contributed by atoms with Crippen LogP contribution in [-0.2, 0) is 30.8 Å². The maximum atomic E-state index is 14.6. The lowest BCUT2D eigenvalue weighted by molar-refractivity contribution is -0.142. The zero-order valence-electron chi connectivity index (χ0n) is 27.6. The van der Waals surface area contributed by atoms with Crippen molar-refractivity contribution in [3.63, 3.8) is 0 Å². The Hall–Kier alpha value is -3.28. The number of hydrogen-bond acceptors (Lipinski definition) is 8. The molecular weight excluding hydrogens is 682 g/mol. The summed E-state index contributed by atoms with van der Waals surface area (Å²) >= 11 is 7.56. The van der Waals surface area contributed by atoms with Gasteiger partial charge in [0.15, 0.2) is 5.78 Å². The van der Waals surface area contributed by atoms with E-state index in [4.69, 9.17) is 16.3 Å². The summed E-state index contributed by atoms with van der Waals surface area (Å²) in [4.78, 5) is 49.0. The number of aromatic nitrogens is 1. The number of thiazole rings is 1. The van der Waals surface area contributed by atoms with Crippen LogP contribution in [0.1, 0.15) is 75.3 Å². The third-order valence-electron chi connectivity index (χ3n) is 10.5. The number of aryl methyl sites for hydroxylation is 1. The van der Waals surface area contributed by atoms with Gasteiger partial charge in [-0.1, -0.05) is 77.8 Å². The van der Waals surface area contributed by atoms with Crippen molar-refractivity contribution in [3.05, 3.63) is 70.8 Å². The van der Waals surface area contributed by atoms with E-state index >= 15 is 0 Å². The molecule has 1 N–H and O–H groups in total. The Labute approximate surface area is 296 Å². The molecule has 0 unspecified atom stereocenters. The number of amides is 2. The number of ether oxygens (including phenoxy) is 1. The largest absolute Gasteiger partial charge is 0.465 e. The number of fused-ring (bicyclic) bond motifs is 3. The maximum Gasteiger partial charge on any atom is 0.274 e. The first-order valence-corrected chi connectivity index (χ1v) is 20.1. The van der Waals surface area contributed by atoms with E-state index in [9.17, 15) is 22.8 Å². The SMILES string of the molecule is Cc1cccc(C[C@H]2CCCCC/C=C\[C@H]3C[C@@]3(C(=O)NS(=O)(=O)C3CC3)CC(=O)[C@@H]3C[C@@H](Oc4nc5ccc(Cl)cc5s4)CN3C2=O)c1. The summed E-state index contributed by atoms with van der Waals surface area (Å²) in [6.07, 6.45) is 10.0. The highest BCUT2D eigenvalue weighted by Crippen LogP contribution is 2.57. The normalized spacial score (nSPS) is 28.7. The quantitative estimate of drug-likeness (QED) is 0.274. The van der Waals surface area contributed by atoms with E-state index in [1.165, 1.54) is 11.3 Å². The minimum Gasteiger partial charge on any atom is -0.465 e. The van der Waals surface area contributed by atoms with Gasteiger partial charge in [0.1, 0.15) is 6.10 Å². The van der Waals surface area contributed by atoms with Gasteiger partial charge in [-0.15, -0.1) is 0 Å².